The highest BCUT2D eigenvalue weighted by atomic mass is 19.1. The normalized spacial score (nSPS) is 16.5. The minimum atomic E-state index is -0.493. The highest BCUT2D eigenvalue weighted by Crippen LogP contribution is 2.35. The molecule has 1 aliphatic rings. The molecule has 4 nitrogen and oxygen atoms in total. The van der Waals surface area contributed by atoms with Crippen molar-refractivity contribution in [3.8, 4) is 0 Å². The quantitative estimate of drug-likeness (QED) is 0.764. The number of rotatable bonds is 2. The van der Waals surface area contributed by atoms with E-state index in [2.05, 4.69) is 18.8 Å². The number of halogens is 1. The van der Waals surface area contributed by atoms with E-state index >= 15 is 0 Å². The number of piperidine rings is 1. The molecule has 1 saturated heterocycles. The molecule has 0 spiro atoms. The van der Waals surface area contributed by atoms with Crippen LogP contribution in [0.5, 0.6) is 0 Å². The van der Waals surface area contributed by atoms with Crippen molar-refractivity contribution in [3.63, 3.8) is 0 Å². The van der Waals surface area contributed by atoms with Gasteiger partial charge >= 0.3 is 6.09 Å². The third-order valence-electron chi connectivity index (χ3n) is 5.04. The molecule has 1 aliphatic heterocycles. The fourth-order valence-electron chi connectivity index (χ4n) is 3.67. The molecule has 2 aromatic rings. The molecule has 2 heterocycles. The van der Waals surface area contributed by atoms with Crippen LogP contribution in [0.15, 0.2) is 18.3 Å². The van der Waals surface area contributed by atoms with Gasteiger partial charge in [0.2, 0.25) is 0 Å². The Kier molecular flexibility index (Phi) is 5.00. The number of carbonyl (C=O) groups excluding carboxylic acids is 1. The maximum Gasteiger partial charge on any atom is 0.410 e. The van der Waals surface area contributed by atoms with E-state index in [0.717, 1.165) is 29.3 Å². The van der Waals surface area contributed by atoms with E-state index in [1.54, 1.807) is 11.0 Å². The zero-order valence-electron chi connectivity index (χ0n) is 16.4. The maximum absolute atomic E-state index is 14.7. The van der Waals surface area contributed by atoms with E-state index in [9.17, 15) is 9.18 Å². The largest absolute Gasteiger partial charge is 0.444 e. The van der Waals surface area contributed by atoms with Gasteiger partial charge in [0.05, 0.1) is 0 Å². The second-order valence-corrected chi connectivity index (χ2v) is 8.56. The van der Waals surface area contributed by atoms with Crippen LogP contribution in [0.2, 0.25) is 0 Å². The molecule has 1 aromatic heterocycles. The Balaban J connectivity index is 1.76. The number of hydrogen-bond donors (Lipinski definition) is 1. The Bertz CT molecular complexity index is 796. The van der Waals surface area contributed by atoms with Gasteiger partial charge in [-0.3, -0.25) is 0 Å². The van der Waals surface area contributed by atoms with Crippen molar-refractivity contribution in [2.45, 2.75) is 64.9 Å². The third-order valence-corrected chi connectivity index (χ3v) is 5.04. The summed E-state index contributed by atoms with van der Waals surface area (Å²) in [6, 6.07) is 3.61. The summed E-state index contributed by atoms with van der Waals surface area (Å²) in [4.78, 5) is 17.1. The molecule has 26 heavy (non-hydrogen) atoms. The third kappa shape index (κ3) is 3.87. The molecule has 0 saturated carbocycles. The first-order chi connectivity index (χ1) is 12.2. The van der Waals surface area contributed by atoms with Crippen molar-refractivity contribution in [1.29, 1.82) is 0 Å². The van der Waals surface area contributed by atoms with Crippen LogP contribution in [0.1, 0.15) is 70.4 Å². The average Bonchev–Trinajstić information content (AvgIpc) is 2.95. The molecule has 0 aliphatic carbocycles. The fourth-order valence-corrected chi connectivity index (χ4v) is 3.67. The Morgan fingerprint density at radius 2 is 1.92 bits per heavy atom. The number of nitrogens with one attached hydrogen (secondary N) is 1. The number of benzene rings is 1. The average molecular weight is 360 g/mol. The van der Waals surface area contributed by atoms with E-state index < -0.39 is 5.60 Å². The van der Waals surface area contributed by atoms with Crippen LogP contribution in [0.3, 0.4) is 0 Å². The molecular weight excluding hydrogens is 331 g/mol. The van der Waals surface area contributed by atoms with Gasteiger partial charge in [-0.25, -0.2) is 9.18 Å². The van der Waals surface area contributed by atoms with E-state index in [4.69, 9.17) is 4.74 Å². The summed E-state index contributed by atoms with van der Waals surface area (Å²) in [6.45, 7) is 11.1. The number of H-pyrrole nitrogens is 1. The molecule has 0 bridgehead atoms. The lowest BCUT2D eigenvalue weighted by molar-refractivity contribution is 0.0204. The van der Waals surface area contributed by atoms with Gasteiger partial charge in [0.25, 0.3) is 0 Å². The van der Waals surface area contributed by atoms with Gasteiger partial charge < -0.3 is 14.6 Å². The molecule has 1 aromatic carbocycles. The van der Waals surface area contributed by atoms with Gasteiger partial charge in [-0.2, -0.15) is 0 Å². The van der Waals surface area contributed by atoms with E-state index in [1.165, 1.54) is 5.56 Å². The molecule has 142 valence electrons. The minimum absolute atomic E-state index is 0.132. The SMILES string of the molecule is CC(C)c1c[nH]c2cc(F)c(C3CCN(C(=O)OC(C)(C)C)CC3)cc12. The number of fused-ring (bicyclic) bond motifs is 1. The number of amides is 1. The van der Waals surface area contributed by atoms with Gasteiger partial charge in [0.15, 0.2) is 0 Å². The first-order valence-corrected chi connectivity index (χ1v) is 9.44. The monoisotopic (exact) mass is 360 g/mol. The van der Waals surface area contributed by atoms with E-state index in [0.29, 0.717) is 19.0 Å². The highest BCUT2D eigenvalue weighted by Gasteiger charge is 2.29. The van der Waals surface area contributed by atoms with Crippen LogP contribution >= 0.6 is 0 Å². The zero-order valence-corrected chi connectivity index (χ0v) is 16.4. The summed E-state index contributed by atoms with van der Waals surface area (Å²) in [5.74, 6) is 0.356. The molecule has 0 radical (unpaired) electrons. The molecule has 0 atom stereocenters. The van der Waals surface area contributed by atoms with Crippen molar-refractivity contribution in [2.75, 3.05) is 13.1 Å². The van der Waals surface area contributed by atoms with Crippen molar-refractivity contribution < 1.29 is 13.9 Å². The molecule has 1 N–H and O–H groups in total. The summed E-state index contributed by atoms with van der Waals surface area (Å²) in [5.41, 5.74) is 2.34. The Labute approximate surface area is 154 Å². The standard InChI is InChI=1S/C21H29FN2O2/c1-13(2)17-12-23-19-11-18(22)15(10-16(17)19)14-6-8-24(9-7-14)20(25)26-21(3,4)5/h10-14,23H,6-9H2,1-5H3. The summed E-state index contributed by atoms with van der Waals surface area (Å²) in [7, 11) is 0. The number of aromatic amines is 1. The predicted molar refractivity (Wildman–Crippen MR) is 102 cm³/mol. The van der Waals surface area contributed by atoms with Gasteiger partial charge in [-0.1, -0.05) is 13.8 Å². The topological polar surface area (TPSA) is 45.3 Å². The minimum Gasteiger partial charge on any atom is -0.444 e. The first-order valence-electron chi connectivity index (χ1n) is 9.44. The highest BCUT2D eigenvalue weighted by molar-refractivity contribution is 5.84. The fraction of sp³-hybridized carbons (Fsp3) is 0.571. The van der Waals surface area contributed by atoms with Crippen molar-refractivity contribution >= 4 is 17.0 Å². The number of likely N-dealkylation sites (tertiary alicyclic amines) is 1. The number of aromatic nitrogens is 1. The number of nitrogens with zero attached hydrogens (tertiary/aromatic N) is 1. The van der Waals surface area contributed by atoms with Crippen LogP contribution in [0.25, 0.3) is 10.9 Å². The predicted octanol–water partition coefficient (Wildman–Crippen LogP) is 5.54. The second kappa shape index (κ2) is 6.93. The molecule has 3 rings (SSSR count). The van der Waals surface area contributed by atoms with Crippen LogP contribution in [0, 0.1) is 5.82 Å². The number of carbonyl (C=O) groups is 1. The molecule has 1 fully saturated rings. The lowest BCUT2D eigenvalue weighted by Gasteiger charge is -2.33. The van der Waals surface area contributed by atoms with Crippen LogP contribution in [-0.4, -0.2) is 34.7 Å². The van der Waals surface area contributed by atoms with Crippen molar-refractivity contribution in [1.82, 2.24) is 9.88 Å². The van der Waals surface area contributed by atoms with Gasteiger partial charge in [-0.15, -0.1) is 0 Å². The van der Waals surface area contributed by atoms with Gasteiger partial charge in [0, 0.05) is 30.2 Å². The Morgan fingerprint density at radius 1 is 1.27 bits per heavy atom. The summed E-state index contributed by atoms with van der Waals surface area (Å²) >= 11 is 0. The molecule has 0 unspecified atom stereocenters. The van der Waals surface area contributed by atoms with Crippen LogP contribution in [0.4, 0.5) is 9.18 Å². The zero-order chi connectivity index (χ0) is 19.1. The van der Waals surface area contributed by atoms with Crippen molar-refractivity contribution in [2.24, 2.45) is 0 Å². The lowest BCUT2D eigenvalue weighted by Crippen LogP contribution is -2.41. The summed E-state index contributed by atoms with van der Waals surface area (Å²) in [6.07, 6.45) is 3.20. The van der Waals surface area contributed by atoms with Gasteiger partial charge in [-0.05, 0) is 68.7 Å². The maximum atomic E-state index is 14.7. The van der Waals surface area contributed by atoms with Gasteiger partial charge in [0.1, 0.15) is 11.4 Å². The van der Waals surface area contributed by atoms with E-state index in [1.807, 2.05) is 33.0 Å². The second-order valence-electron chi connectivity index (χ2n) is 8.56. The molecule has 5 heteroatoms. The van der Waals surface area contributed by atoms with E-state index in [-0.39, 0.29) is 17.8 Å². The number of hydrogen-bond acceptors (Lipinski definition) is 2. The number of ether oxygens (including phenoxy) is 1. The lowest BCUT2D eigenvalue weighted by atomic mass is 9.87. The first kappa shape index (κ1) is 18.7. The Morgan fingerprint density at radius 3 is 2.50 bits per heavy atom. The van der Waals surface area contributed by atoms with Crippen LogP contribution < -0.4 is 0 Å². The molecule has 1 amide bonds. The molecular formula is C21H29FN2O2. The van der Waals surface area contributed by atoms with Crippen molar-refractivity contribution in [3.05, 3.63) is 35.3 Å². The Hall–Kier alpha value is -2.04. The smallest absolute Gasteiger partial charge is 0.410 e. The summed E-state index contributed by atoms with van der Waals surface area (Å²) in [5, 5.41) is 1.10. The summed E-state index contributed by atoms with van der Waals surface area (Å²) < 4.78 is 20.1. The van der Waals surface area contributed by atoms with Crippen LogP contribution in [-0.2, 0) is 4.74 Å².